The minimum Gasteiger partial charge on any atom is -0.341 e. The van der Waals surface area contributed by atoms with Crippen LogP contribution in [0.1, 0.15) is 20.8 Å². The molecule has 0 aliphatic rings. The van der Waals surface area contributed by atoms with Crippen molar-refractivity contribution in [3.63, 3.8) is 0 Å². The van der Waals surface area contributed by atoms with Gasteiger partial charge in [-0.2, -0.15) is 0 Å². The zero-order valence-corrected chi connectivity index (χ0v) is 14.8. The number of rotatable bonds is 5. The zero-order chi connectivity index (χ0) is 18.5. The van der Waals surface area contributed by atoms with Crippen LogP contribution in [0.15, 0.2) is 53.8 Å². The molecule has 0 unspecified atom stereocenters. The highest BCUT2D eigenvalue weighted by Gasteiger charge is 2.19. The largest absolute Gasteiger partial charge is 0.341 e. The summed E-state index contributed by atoms with van der Waals surface area (Å²) in [5.74, 6) is 1.62. The first-order chi connectivity index (χ1) is 12.7. The van der Waals surface area contributed by atoms with Crippen LogP contribution in [0.3, 0.4) is 0 Å². The number of hydrogen-bond donors (Lipinski definition) is 2. The number of pyridine rings is 1. The van der Waals surface area contributed by atoms with E-state index in [1.54, 1.807) is 24.3 Å². The van der Waals surface area contributed by atoms with Crippen LogP contribution < -0.4 is 10.6 Å². The van der Waals surface area contributed by atoms with E-state index in [-0.39, 0.29) is 18.4 Å². The summed E-state index contributed by atoms with van der Waals surface area (Å²) in [5.41, 5.74) is 1.73. The van der Waals surface area contributed by atoms with Gasteiger partial charge in [-0.1, -0.05) is 35.9 Å². The number of para-hydroxylation sites is 1. The number of nitrogens with zero attached hydrogens (tertiary/aromatic N) is 2. The molecule has 0 bridgehead atoms. The van der Waals surface area contributed by atoms with Gasteiger partial charge in [-0.15, -0.1) is 6.42 Å². The molecule has 3 aromatic rings. The monoisotopic (exact) mass is 364 g/mol. The van der Waals surface area contributed by atoms with Crippen molar-refractivity contribution in [2.45, 2.75) is 5.16 Å². The van der Waals surface area contributed by atoms with Crippen LogP contribution in [0.2, 0.25) is 0 Å². The molecule has 0 saturated heterocycles. The van der Waals surface area contributed by atoms with Crippen molar-refractivity contribution >= 4 is 34.8 Å². The van der Waals surface area contributed by atoms with Gasteiger partial charge in [0.2, 0.25) is 0 Å². The van der Waals surface area contributed by atoms with Gasteiger partial charge < -0.3 is 10.6 Å². The lowest BCUT2D eigenvalue weighted by Gasteiger charge is -2.10. The number of terminal acetylenes is 1. The smallest absolute Gasteiger partial charge is 0.276 e. The lowest BCUT2D eigenvalue weighted by Crippen LogP contribution is -2.25. The third-order valence-corrected chi connectivity index (χ3v) is 4.34. The SMILES string of the molecule is C#CCNC(=O)c1ccccc1NC(=O)c1nc(SC)n2ccccc12. The Morgan fingerprint density at radius 3 is 2.73 bits per heavy atom. The van der Waals surface area contributed by atoms with Crippen molar-refractivity contribution in [3.05, 3.63) is 59.9 Å². The van der Waals surface area contributed by atoms with E-state index < -0.39 is 0 Å². The molecular formula is C19H16N4O2S. The molecular weight excluding hydrogens is 348 g/mol. The zero-order valence-electron chi connectivity index (χ0n) is 14.0. The fourth-order valence-electron chi connectivity index (χ4n) is 2.52. The van der Waals surface area contributed by atoms with Crippen LogP contribution in [-0.4, -0.2) is 34.0 Å². The summed E-state index contributed by atoms with van der Waals surface area (Å²) in [6.45, 7) is 0.115. The Hall–Kier alpha value is -3.24. The maximum Gasteiger partial charge on any atom is 0.276 e. The molecule has 3 rings (SSSR count). The molecule has 0 radical (unpaired) electrons. The number of nitrogens with one attached hydrogen (secondary N) is 2. The van der Waals surface area contributed by atoms with Gasteiger partial charge in [-0.25, -0.2) is 4.98 Å². The first-order valence-electron chi connectivity index (χ1n) is 7.79. The Kier molecular flexibility index (Phi) is 5.25. The van der Waals surface area contributed by atoms with E-state index in [0.29, 0.717) is 27.6 Å². The predicted molar refractivity (Wildman–Crippen MR) is 103 cm³/mol. The van der Waals surface area contributed by atoms with Gasteiger partial charge in [0.05, 0.1) is 23.3 Å². The van der Waals surface area contributed by atoms with Crippen LogP contribution in [0.4, 0.5) is 5.69 Å². The average Bonchev–Trinajstić information content (AvgIpc) is 3.05. The molecule has 0 aliphatic heterocycles. The van der Waals surface area contributed by atoms with E-state index in [0.717, 1.165) is 0 Å². The maximum atomic E-state index is 12.8. The molecule has 2 aromatic heterocycles. The average molecular weight is 364 g/mol. The topological polar surface area (TPSA) is 75.5 Å². The molecule has 26 heavy (non-hydrogen) atoms. The fraction of sp³-hybridized carbons (Fsp3) is 0.105. The highest BCUT2D eigenvalue weighted by molar-refractivity contribution is 7.98. The van der Waals surface area contributed by atoms with Crippen molar-refractivity contribution in [2.24, 2.45) is 0 Å². The summed E-state index contributed by atoms with van der Waals surface area (Å²) in [7, 11) is 0. The number of carbonyl (C=O) groups excluding carboxylic acids is 2. The minimum absolute atomic E-state index is 0.115. The van der Waals surface area contributed by atoms with Crippen LogP contribution in [0, 0.1) is 12.3 Å². The summed E-state index contributed by atoms with van der Waals surface area (Å²) in [6.07, 6.45) is 8.92. The second-order valence-electron chi connectivity index (χ2n) is 5.29. The lowest BCUT2D eigenvalue weighted by atomic mass is 10.1. The van der Waals surface area contributed by atoms with Crippen LogP contribution >= 0.6 is 11.8 Å². The number of benzene rings is 1. The van der Waals surface area contributed by atoms with Gasteiger partial charge in [0.25, 0.3) is 11.8 Å². The summed E-state index contributed by atoms with van der Waals surface area (Å²) < 4.78 is 1.85. The van der Waals surface area contributed by atoms with E-state index in [1.807, 2.05) is 35.1 Å². The normalized spacial score (nSPS) is 10.3. The van der Waals surface area contributed by atoms with Gasteiger partial charge in [-0.3, -0.25) is 14.0 Å². The van der Waals surface area contributed by atoms with Crippen LogP contribution in [0.5, 0.6) is 0 Å². The molecule has 0 aliphatic carbocycles. The number of aromatic nitrogens is 2. The molecule has 0 fully saturated rings. The number of thioether (sulfide) groups is 1. The van der Waals surface area contributed by atoms with Crippen LogP contribution in [-0.2, 0) is 0 Å². The Morgan fingerprint density at radius 1 is 1.19 bits per heavy atom. The number of fused-ring (bicyclic) bond motifs is 1. The van der Waals surface area contributed by atoms with Gasteiger partial charge in [0, 0.05) is 6.20 Å². The molecule has 2 heterocycles. The number of imidazole rings is 1. The quantitative estimate of drug-likeness (QED) is 0.539. The standard InChI is InChI=1S/C19H16N4O2S/c1-3-11-20-17(24)13-8-4-5-9-14(13)21-18(25)16-15-10-6-7-12-23(15)19(22-16)26-2/h1,4-10,12H,11H2,2H3,(H,20,24)(H,21,25). The molecule has 130 valence electrons. The van der Waals surface area contributed by atoms with E-state index >= 15 is 0 Å². The summed E-state index contributed by atoms with van der Waals surface area (Å²) >= 11 is 1.45. The summed E-state index contributed by atoms with van der Waals surface area (Å²) in [5, 5.41) is 6.09. The van der Waals surface area contributed by atoms with Crippen molar-refractivity contribution in [3.8, 4) is 12.3 Å². The highest BCUT2D eigenvalue weighted by Crippen LogP contribution is 2.22. The molecule has 1 aromatic carbocycles. The number of hydrogen-bond acceptors (Lipinski definition) is 4. The van der Waals surface area contributed by atoms with Gasteiger partial charge in [0.15, 0.2) is 10.9 Å². The first kappa shape index (κ1) is 17.6. The van der Waals surface area contributed by atoms with Crippen molar-refractivity contribution in [2.75, 3.05) is 18.1 Å². The summed E-state index contributed by atoms with van der Waals surface area (Å²) in [6, 6.07) is 12.3. The van der Waals surface area contributed by atoms with E-state index in [2.05, 4.69) is 21.5 Å². The first-order valence-corrected chi connectivity index (χ1v) is 9.01. The fourth-order valence-corrected chi connectivity index (χ4v) is 3.06. The molecule has 2 N–H and O–H groups in total. The second-order valence-corrected chi connectivity index (χ2v) is 6.06. The van der Waals surface area contributed by atoms with Crippen molar-refractivity contribution in [1.82, 2.24) is 14.7 Å². The van der Waals surface area contributed by atoms with Crippen molar-refractivity contribution < 1.29 is 9.59 Å². The Balaban J connectivity index is 1.92. The molecule has 0 atom stereocenters. The van der Waals surface area contributed by atoms with E-state index in [9.17, 15) is 9.59 Å². The highest BCUT2D eigenvalue weighted by atomic mass is 32.2. The predicted octanol–water partition coefficient (Wildman–Crippen LogP) is 2.67. The van der Waals surface area contributed by atoms with E-state index in [1.165, 1.54) is 11.8 Å². The number of anilines is 1. The van der Waals surface area contributed by atoms with E-state index in [4.69, 9.17) is 6.42 Å². The second kappa shape index (κ2) is 7.76. The maximum absolute atomic E-state index is 12.8. The van der Waals surface area contributed by atoms with Gasteiger partial charge in [0.1, 0.15) is 0 Å². The minimum atomic E-state index is -0.383. The third-order valence-electron chi connectivity index (χ3n) is 3.68. The lowest BCUT2D eigenvalue weighted by molar-refractivity contribution is 0.0959. The third kappa shape index (κ3) is 3.41. The molecule has 0 saturated carbocycles. The Bertz CT molecular complexity index is 1020. The molecule has 6 nitrogen and oxygen atoms in total. The molecule has 2 amide bonds. The Morgan fingerprint density at radius 2 is 1.96 bits per heavy atom. The number of carbonyl (C=O) groups is 2. The van der Waals surface area contributed by atoms with Crippen LogP contribution in [0.25, 0.3) is 5.52 Å². The van der Waals surface area contributed by atoms with Crippen molar-refractivity contribution in [1.29, 1.82) is 0 Å². The summed E-state index contributed by atoms with van der Waals surface area (Å²) in [4.78, 5) is 29.4. The van der Waals surface area contributed by atoms with Gasteiger partial charge >= 0.3 is 0 Å². The Labute approximate surface area is 155 Å². The van der Waals surface area contributed by atoms with Gasteiger partial charge in [-0.05, 0) is 30.5 Å². The number of amides is 2. The molecule has 0 spiro atoms. The molecule has 7 heteroatoms.